The van der Waals surface area contributed by atoms with E-state index < -0.39 is 0 Å². The van der Waals surface area contributed by atoms with E-state index in [1.807, 2.05) is 25.1 Å². The van der Waals surface area contributed by atoms with Gasteiger partial charge in [-0.25, -0.2) is 9.97 Å². The lowest BCUT2D eigenvalue weighted by atomic mass is 10.2. The predicted molar refractivity (Wildman–Crippen MR) is 96.4 cm³/mol. The number of anilines is 3. The first-order valence-corrected chi connectivity index (χ1v) is 8.64. The van der Waals surface area contributed by atoms with Crippen molar-refractivity contribution in [1.29, 1.82) is 0 Å². The van der Waals surface area contributed by atoms with Crippen LogP contribution in [0.15, 0.2) is 28.7 Å². The van der Waals surface area contributed by atoms with Gasteiger partial charge in [-0.2, -0.15) is 0 Å². The highest BCUT2D eigenvalue weighted by atomic mass is 79.9. The SMILES string of the molecule is Cc1nc(NCC2CCCO2)cc(Nc2ccc(C)c(Br)c2)n1. The molecule has 0 saturated carbocycles. The molecular weight excluding hydrogens is 356 g/mol. The van der Waals surface area contributed by atoms with Gasteiger partial charge in [-0.1, -0.05) is 22.0 Å². The summed E-state index contributed by atoms with van der Waals surface area (Å²) < 4.78 is 6.70. The lowest BCUT2D eigenvalue weighted by Crippen LogP contribution is -2.19. The van der Waals surface area contributed by atoms with E-state index in [-0.39, 0.29) is 6.10 Å². The molecule has 0 amide bonds. The fourth-order valence-corrected chi connectivity index (χ4v) is 2.94. The summed E-state index contributed by atoms with van der Waals surface area (Å²) in [5.41, 5.74) is 2.19. The van der Waals surface area contributed by atoms with E-state index >= 15 is 0 Å². The Balaban J connectivity index is 1.70. The van der Waals surface area contributed by atoms with Crippen LogP contribution in [0.5, 0.6) is 0 Å². The molecule has 1 saturated heterocycles. The van der Waals surface area contributed by atoms with Gasteiger partial charge < -0.3 is 15.4 Å². The summed E-state index contributed by atoms with van der Waals surface area (Å²) in [6.07, 6.45) is 2.54. The largest absolute Gasteiger partial charge is 0.376 e. The molecule has 1 atom stereocenters. The Bertz CT molecular complexity index is 686. The van der Waals surface area contributed by atoms with Crippen molar-refractivity contribution in [3.63, 3.8) is 0 Å². The molecule has 0 bridgehead atoms. The third-order valence-electron chi connectivity index (χ3n) is 3.82. The zero-order valence-electron chi connectivity index (χ0n) is 13.4. The molecule has 2 N–H and O–H groups in total. The lowest BCUT2D eigenvalue weighted by molar-refractivity contribution is 0.120. The van der Waals surface area contributed by atoms with Gasteiger partial charge in [0, 0.05) is 29.4 Å². The number of hydrogen-bond acceptors (Lipinski definition) is 5. The van der Waals surface area contributed by atoms with E-state index in [0.29, 0.717) is 0 Å². The molecule has 5 nitrogen and oxygen atoms in total. The van der Waals surface area contributed by atoms with Crippen molar-refractivity contribution in [2.45, 2.75) is 32.8 Å². The number of aryl methyl sites for hydroxylation is 2. The van der Waals surface area contributed by atoms with Crippen molar-refractivity contribution in [1.82, 2.24) is 9.97 Å². The molecule has 1 aliphatic rings. The summed E-state index contributed by atoms with van der Waals surface area (Å²) >= 11 is 3.55. The highest BCUT2D eigenvalue weighted by Crippen LogP contribution is 2.24. The maximum atomic E-state index is 5.63. The molecule has 0 aliphatic carbocycles. The van der Waals surface area contributed by atoms with E-state index in [4.69, 9.17) is 4.74 Å². The third-order valence-corrected chi connectivity index (χ3v) is 4.67. The van der Waals surface area contributed by atoms with Crippen molar-refractivity contribution in [2.75, 3.05) is 23.8 Å². The van der Waals surface area contributed by atoms with Crippen LogP contribution in [-0.4, -0.2) is 29.2 Å². The van der Waals surface area contributed by atoms with Crippen molar-refractivity contribution >= 4 is 33.3 Å². The molecule has 2 heterocycles. The van der Waals surface area contributed by atoms with E-state index in [1.165, 1.54) is 5.56 Å². The molecule has 23 heavy (non-hydrogen) atoms. The van der Waals surface area contributed by atoms with E-state index in [1.54, 1.807) is 0 Å². The topological polar surface area (TPSA) is 59.1 Å². The zero-order valence-corrected chi connectivity index (χ0v) is 15.0. The molecule has 0 spiro atoms. The normalized spacial score (nSPS) is 17.3. The molecule has 1 fully saturated rings. The standard InChI is InChI=1S/C17H21BrN4O/c1-11-5-6-13(8-15(11)18)22-17-9-16(20-12(2)21-17)19-10-14-4-3-7-23-14/h5-6,8-9,14H,3-4,7,10H2,1-2H3,(H2,19,20,21,22). The van der Waals surface area contributed by atoms with Gasteiger partial charge in [0.15, 0.2) is 0 Å². The average Bonchev–Trinajstić information content (AvgIpc) is 3.02. The fraction of sp³-hybridized carbons (Fsp3) is 0.412. The van der Waals surface area contributed by atoms with Crippen LogP contribution in [0.1, 0.15) is 24.2 Å². The Hall–Kier alpha value is -1.66. The van der Waals surface area contributed by atoms with Crippen LogP contribution in [0.25, 0.3) is 0 Å². The van der Waals surface area contributed by atoms with E-state index in [9.17, 15) is 0 Å². The third kappa shape index (κ3) is 4.42. The van der Waals surface area contributed by atoms with Crippen LogP contribution < -0.4 is 10.6 Å². The number of hydrogen-bond donors (Lipinski definition) is 2. The van der Waals surface area contributed by atoms with Crippen LogP contribution in [0.3, 0.4) is 0 Å². The van der Waals surface area contributed by atoms with Crippen molar-refractivity contribution in [3.05, 3.63) is 40.1 Å². The van der Waals surface area contributed by atoms with Gasteiger partial charge in [0.05, 0.1) is 6.10 Å². The Morgan fingerprint density at radius 2 is 2.04 bits per heavy atom. The minimum absolute atomic E-state index is 0.287. The summed E-state index contributed by atoms with van der Waals surface area (Å²) in [5, 5.41) is 6.68. The van der Waals surface area contributed by atoms with Crippen molar-refractivity contribution in [2.24, 2.45) is 0 Å². The summed E-state index contributed by atoms with van der Waals surface area (Å²) in [5.74, 6) is 2.33. The number of nitrogens with zero attached hydrogens (tertiary/aromatic N) is 2. The Kier molecular flexibility index (Phi) is 5.13. The quantitative estimate of drug-likeness (QED) is 0.818. The summed E-state index contributed by atoms with van der Waals surface area (Å²) in [6, 6.07) is 8.08. The second kappa shape index (κ2) is 7.27. The molecule has 2 aromatic rings. The van der Waals surface area contributed by atoms with Crippen LogP contribution >= 0.6 is 15.9 Å². The molecule has 1 aliphatic heterocycles. The molecule has 0 radical (unpaired) electrons. The molecule has 1 aromatic carbocycles. The smallest absolute Gasteiger partial charge is 0.136 e. The van der Waals surface area contributed by atoms with Gasteiger partial charge in [-0.3, -0.25) is 0 Å². The number of benzene rings is 1. The maximum Gasteiger partial charge on any atom is 0.136 e. The van der Waals surface area contributed by atoms with E-state index in [0.717, 1.165) is 53.6 Å². The second-order valence-corrected chi connectivity index (χ2v) is 6.64. The lowest BCUT2D eigenvalue weighted by Gasteiger charge is -2.13. The highest BCUT2D eigenvalue weighted by molar-refractivity contribution is 9.10. The monoisotopic (exact) mass is 376 g/mol. The molecule has 1 unspecified atom stereocenters. The number of rotatable bonds is 5. The summed E-state index contributed by atoms with van der Waals surface area (Å²) in [4.78, 5) is 8.89. The number of aromatic nitrogens is 2. The first kappa shape index (κ1) is 16.2. The predicted octanol–water partition coefficient (Wildman–Crippen LogP) is 4.19. The van der Waals surface area contributed by atoms with Gasteiger partial charge in [0.25, 0.3) is 0 Å². The molecular formula is C17H21BrN4O. The molecule has 6 heteroatoms. The van der Waals surface area contributed by atoms with Gasteiger partial charge >= 0.3 is 0 Å². The fourth-order valence-electron chi connectivity index (χ4n) is 2.56. The first-order valence-electron chi connectivity index (χ1n) is 7.84. The molecule has 122 valence electrons. The molecule has 3 rings (SSSR count). The second-order valence-electron chi connectivity index (χ2n) is 5.79. The highest BCUT2D eigenvalue weighted by Gasteiger charge is 2.15. The Morgan fingerprint density at radius 3 is 2.78 bits per heavy atom. The maximum absolute atomic E-state index is 5.63. The first-order chi connectivity index (χ1) is 11.1. The number of ether oxygens (including phenoxy) is 1. The van der Waals surface area contributed by atoms with E-state index in [2.05, 4.69) is 49.5 Å². The summed E-state index contributed by atoms with van der Waals surface area (Å²) in [6.45, 7) is 5.61. The average molecular weight is 377 g/mol. The Labute approximate surface area is 145 Å². The van der Waals surface area contributed by atoms with Crippen LogP contribution in [0.4, 0.5) is 17.3 Å². The number of halogens is 1. The van der Waals surface area contributed by atoms with Crippen molar-refractivity contribution in [3.8, 4) is 0 Å². The van der Waals surface area contributed by atoms with Crippen LogP contribution in [-0.2, 0) is 4.74 Å². The van der Waals surface area contributed by atoms with Gasteiger partial charge in [0.1, 0.15) is 17.5 Å². The van der Waals surface area contributed by atoms with Crippen molar-refractivity contribution < 1.29 is 4.74 Å². The van der Waals surface area contributed by atoms with Crippen LogP contribution in [0, 0.1) is 13.8 Å². The molecule has 1 aromatic heterocycles. The summed E-state index contributed by atoms with van der Waals surface area (Å²) in [7, 11) is 0. The van der Waals surface area contributed by atoms with Gasteiger partial charge in [-0.15, -0.1) is 0 Å². The Morgan fingerprint density at radius 1 is 1.22 bits per heavy atom. The van der Waals surface area contributed by atoms with Crippen LogP contribution in [0.2, 0.25) is 0 Å². The minimum Gasteiger partial charge on any atom is -0.376 e. The van der Waals surface area contributed by atoms with Gasteiger partial charge in [-0.05, 0) is 44.4 Å². The van der Waals surface area contributed by atoms with Gasteiger partial charge in [0.2, 0.25) is 0 Å². The zero-order chi connectivity index (χ0) is 16.2. The number of nitrogens with one attached hydrogen (secondary N) is 2. The minimum atomic E-state index is 0.287.